The van der Waals surface area contributed by atoms with Gasteiger partial charge in [-0.2, -0.15) is 10.5 Å². The molecule has 2 aromatic carbocycles. The molecule has 5 heteroatoms. The lowest BCUT2D eigenvalue weighted by atomic mass is 9.83. The molecule has 1 aliphatic heterocycles. The second-order valence-corrected chi connectivity index (χ2v) is 4.88. The number of allylic oxidation sites excluding steroid dienone is 1. The first-order chi connectivity index (χ1) is 10.6. The molecular formula is C17H11N3O2. The summed E-state index contributed by atoms with van der Waals surface area (Å²) in [6, 6.07) is 15.8. The van der Waals surface area contributed by atoms with E-state index < -0.39 is 5.92 Å². The standard InChI is InChI=1S/C17H11N3O2/c18-8-10-2-1-3-11(6-10)16-13-5-4-12(21)7-15(13)22-17(20)14(16)9-19/h1-7,16,21H,20H2. The Hall–Kier alpha value is -3.44. The Morgan fingerprint density at radius 3 is 2.64 bits per heavy atom. The van der Waals surface area contributed by atoms with Crippen LogP contribution in [0.4, 0.5) is 0 Å². The van der Waals surface area contributed by atoms with Gasteiger partial charge in [0.25, 0.3) is 0 Å². The van der Waals surface area contributed by atoms with Gasteiger partial charge in [-0.1, -0.05) is 18.2 Å². The molecule has 0 fully saturated rings. The summed E-state index contributed by atoms with van der Waals surface area (Å²) in [6.07, 6.45) is 0. The highest BCUT2D eigenvalue weighted by Gasteiger charge is 2.30. The number of rotatable bonds is 1. The normalized spacial score (nSPS) is 16.2. The van der Waals surface area contributed by atoms with Crippen LogP contribution >= 0.6 is 0 Å². The summed E-state index contributed by atoms with van der Waals surface area (Å²) < 4.78 is 5.43. The van der Waals surface area contributed by atoms with Crippen LogP contribution in [0.25, 0.3) is 0 Å². The van der Waals surface area contributed by atoms with Gasteiger partial charge >= 0.3 is 0 Å². The van der Waals surface area contributed by atoms with E-state index in [9.17, 15) is 10.4 Å². The molecule has 3 N–H and O–H groups in total. The zero-order valence-corrected chi connectivity index (χ0v) is 11.4. The number of hydrogen-bond donors (Lipinski definition) is 2. The maximum atomic E-state index is 9.59. The Morgan fingerprint density at radius 1 is 1.09 bits per heavy atom. The van der Waals surface area contributed by atoms with Crippen LogP contribution in [0.1, 0.15) is 22.6 Å². The molecule has 0 aliphatic carbocycles. The predicted molar refractivity (Wildman–Crippen MR) is 78.6 cm³/mol. The monoisotopic (exact) mass is 289 g/mol. The highest BCUT2D eigenvalue weighted by Crippen LogP contribution is 2.43. The fourth-order valence-corrected chi connectivity index (χ4v) is 2.57. The van der Waals surface area contributed by atoms with Crippen molar-refractivity contribution in [2.75, 3.05) is 0 Å². The molecule has 1 unspecified atom stereocenters. The minimum atomic E-state index is -0.428. The Bertz CT molecular complexity index is 872. The number of nitrogens with zero attached hydrogens (tertiary/aromatic N) is 2. The molecule has 0 amide bonds. The first-order valence-corrected chi connectivity index (χ1v) is 6.54. The van der Waals surface area contributed by atoms with Crippen LogP contribution in [-0.4, -0.2) is 5.11 Å². The lowest BCUT2D eigenvalue weighted by molar-refractivity contribution is 0.388. The number of benzene rings is 2. The predicted octanol–water partition coefficient (Wildman–Crippen LogP) is 2.48. The van der Waals surface area contributed by atoms with E-state index in [1.54, 1.807) is 24.3 Å². The number of phenols is 1. The number of aromatic hydroxyl groups is 1. The number of ether oxygens (including phenoxy) is 1. The third-order valence-electron chi connectivity index (χ3n) is 3.55. The van der Waals surface area contributed by atoms with Crippen LogP contribution in [-0.2, 0) is 0 Å². The molecular weight excluding hydrogens is 278 g/mol. The molecule has 1 atom stereocenters. The van der Waals surface area contributed by atoms with Gasteiger partial charge in [0.15, 0.2) is 0 Å². The summed E-state index contributed by atoms with van der Waals surface area (Å²) in [5, 5.41) is 28.1. The van der Waals surface area contributed by atoms with E-state index in [4.69, 9.17) is 15.7 Å². The molecule has 3 rings (SSSR count). The lowest BCUT2D eigenvalue weighted by Crippen LogP contribution is -2.21. The van der Waals surface area contributed by atoms with E-state index in [0.29, 0.717) is 11.3 Å². The zero-order valence-electron chi connectivity index (χ0n) is 11.4. The van der Waals surface area contributed by atoms with Crippen LogP contribution in [0.2, 0.25) is 0 Å². The fourth-order valence-electron chi connectivity index (χ4n) is 2.57. The van der Waals surface area contributed by atoms with Gasteiger partial charge in [0.05, 0.1) is 17.6 Å². The SMILES string of the molecule is N#CC1=C(N)Oc2cc(O)ccc2C1c1cccc(C#N)c1. The van der Waals surface area contributed by atoms with Gasteiger partial charge in [0, 0.05) is 11.6 Å². The third kappa shape index (κ3) is 2.11. The number of nitriles is 2. The van der Waals surface area contributed by atoms with Crippen LogP contribution in [0, 0.1) is 22.7 Å². The van der Waals surface area contributed by atoms with E-state index in [-0.39, 0.29) is 17.2 Å². The summed E-state index contributed by atoms with van der Waals surface area (Å²) in [5.41, 5.74) is 8.12. The van der Waals surface area contributed by atoms with Crippen molar-refractivity contribution in [1.29, 1.82) is 10.5 Å². The number of nitrogens with two attached hydrogens (primary N) is 1. The van der Waals surface area contributed by atoms with Crippen LogP contribution in [0.15, 0.2) is 53.9 Å². The molecule has 0 saturated heterocycles. The average Bonchev–Trinajstić information content (AvgIpc) is 2.53. The Balaban J connectivity index is 2.24. The number of hydrogen-bond acceptors (Lipinski definition) is 5. The molecule has 0 aromatic heterocycles. The van der Waals surface area contributed by atoms with Gasteiger partial charge in [-0.05, 0) is 23.8 Å². The minimum Gasteiger partial charge on any atom is -0.508 e. The van der Waals surface area contributed by atoms with Crippen molar-refractivity contribution in [3.05, 3.63) is 70.6 Å². The van der Waals surface area contributed by atoms with E-state index >= 15 is 0 Å². The highest BCUT2D eigenvalue weighted by molar-refractivity contribution is 5.57. The first-order valence-electron chi connectivity index (χ1n) is 6.54. The third-order valence-corrected chi connectivity index (χ3v) is 3.55. The van der Waals surface area contributed by atoms with Crippen molar-refractivity contribution in [2.45, 2.75) is 5.92 Å². The van der Waals surface area contributed by atoms with Crippen LogP contribution in [0.3, 0.4) is 0 Å². The minimum absolute atomic E-state index is 0.00737. The van der Waals surface area contributed by atoms with Crippen molar-refractivity contribution in [3.8, 4) is 23.6 Å². The smallest absolute Gasteiger partial charge is 0.205 e. The quantitative estimate of drug-likeness (QED) is 0.839. The van der Waals surface area contributed by atoms with E-state index in [1.165, 1.54) is 12.1 Å². The zero-order chi connectivity index (χ0) is 15.7. The Kier molecular flexibility index (Phi) is 3.17. The average molecular weight is 289 g/mol. The second kappa shape index (κ2) is 5.16. The van der Waals surface area contributed by atoms with E-state index in [0.717, 1.165) is 11.1 Å². The van der Waals surface area contributed by atoms with Gasteiger partial charge in [-0.3, -0.25) is 0 Å². The van der Waals surface area contributed by atoms with Gasteiger partial charge in [-0.25, -0.2) is 0 Å². The largest absolute Gasteiger partial charge is 0.508 e. The fraction of sp³-hybridized carbons (Fsp3) is 0.0588. The maximum Gasteiger partial charge on any atom is 0.205 e. The first kappa shape index (κ1) is 13.5. The summed E-state index contributed by atoms with van der Waals surface area (Å²) in [4.78, 5) is 0. The molecule has 2 aromatic rings. The second-order valence-electron chi connectivity index (χ2n) is 4.88. The van der Waals surface area contributed by atoms with Gasteiger partial charge < -0.3 is 15.6 Å². The summed E-state index contributed by atoms with van der Waals surface area (Å²) in [5.74, 6) is 0.0379. The van der Waals surface area contributed by atoms with Crippen molar-refractivity contribution < 1.29 is 9.84 Å². The number of phenolic OH excluding ortho intramolecular Hbond substituents is 1. The van der Waals surface area contributed by atoms with Gasteiger partial charge in [0.1, 0.15) is 23.1 Å². The van der Waals surface area contributed by atoms with Crippen molar-refractivity contribution >= 4 is 0 Å². The van der Waals surface area contributed by atoms with Crippen molar-refractivity contribution in [3.63, 3.8) is 0 Å². The van der Waals surface area contributed by atoms with Gasteiger partial charge in [-0.15, -0.1) is 0 Å². The molecule has 22 heavy (non-hydrogen) atoms. The molecule has 5 nitrogen and oxygen atoms in total. The molecule has 0 saturated carbocycles. The molecule has 0 spiro atoms. The molecule has 106 valence electrons. The van der Waals surface area contributed by atoms with Crippen molar-refractivity contribution in [1.82, 2.24) is 0 Å². The lowest BCUT2D eigenvalue weighted by Gasteiger charge is -2.26. The topological polar surface area (TPSA) is 103 Å². The Labute approximate surface area is 127 Å². The van der Waals surface area contributed by atoms with Crippen molar-refractivity contribution in [2.24, 2.45) is 5.73 Å². The van der Waals surface area contributed by atoms with Crippen LogP contribution < -0.4 is 10.5 Å². The molecule has 0 radical (unpaired) electrons. The number of fused-ring (bicyclic) bond motifs is 1. The van der Waals surface area contributed by atoms with Crippen LogP contribution in [0.5, 0.6) is 11.5 Å². The summed E-state index contributed by atoms with van der Waals surface area (Å²) >= 11 is 0. The maximum absolute atomic E-state index is 9.59. The molecule has 1 heterocycles. The Morgan fingerprint density at radius 2 is 1.91 bits per heavy atom. The summed E-state index contributed by atoms with van der Waals surface area (Å²) in [6.45, 7) is 0. The van der Waals surface area contributed by atoms with E-state index in [1.807, 2.05) is 6.07 Å². The molecule has 1 aliphatic rings. The highest BCUT2D eigenvalue weighted by atomic mass is 16.5. The summed E-state index contributed by atoms with van der Waals surface area (Å²) in [7, 11) is 0. The molecule has 0 bridgehead atoms. The van der Waals surface area contributed by atoms with Gasteiger partial charge in [0.2, 0.25) is 5.88 Å². The van der Waals surface area contributed by atoms with E-state index in [2.05, 4.69) is 12.1 Å².